The summed E-state index contributed by atoms with van der Waals surface area (Å²) in [5, 5.41) is 0.619. The predicted octanol–water partition coefficient (Wildman–Crippen LogP) is 4.58. The van der Waals surface area contributed by atoms with E-state index in [1.165, 1.54) is 22.3 Å². The molecule has 4 rings (SSSR count). The Bertz CT molecular complexity index is 1150. The highest BCUT2D eigenvalue weighted by Crippen LogP contribution is 2.24. The molecule has 6 nitrogen and oxygen atoms in total. The van der Waals surface area contributed by atoms with Gasteiger partial charge in [0.05, 0.1) is 17.3 Å². The van der Waals surface area contributed by atoms with Gasteiger partial charge in [0.25, 0.3) is 0 Å². The first-order chi connectivity index (χ1) is 16.0. The molecule has 1 aliphatic heterocycles. The van der Waals surface area contributed by atoms with Gasteiger partial charge in [-0.2, -0.15) is 4.31 Å². The Morgan fingerprint density at radius 1 is 0.909 bits per heavy atom. The fourth-order valence-corrected chi connectivity index (χ4v) is 5.95. The van der Waals surface area contributed by atoms with Crippen LogP contribution < -0.4 is 4.90 Å². The van der Waals surface area contributed by atoms with Crippen molar-refractivity contribution in [2.75, 3.05) is 23.7 Å². The largest absolute Gasteiger partial charge is 0.307 e. The third-order valence-corrected chi connectivity index (χ3v) is 8.37. The van der Waals surface area contributed by atoms with Crippen molar-refractivity contribution in [2.45, 2.75) is 35.7 Å². The molecular formula is C25H27N3O3S2. The maximum Gasteiger partial charge on any atom is 0.244 e. The lowest BCUT2D eigenvalue weighted by Crippen LogP contribution is -2.35. The van der Waals surface area contributed by atoms with E-state index < -0.39 is 10.0 Å². The Morgan fingerprint density at radius 2 is 1.58 bits per heavy atom. The quantitative estimate of drug-likeness (QED) is 0.441. The molecular weight excluding hydrogens is 454 g/mol. The van der Waals surface area contributed by atoms with Gasteiger partial charge >= 0.3 is 0 Å². The van der Waals surface area contributed by atoms with Crippen LogP contribution in [0.25, 0.3) is 0 Å². The highest BCUT2D eigenvalue weighted by molar-refractivity contribution is 7.99. The fraction of sp³-hybridized carbons (Fsp3) is 0.280. The van der Waals surface area contributed by atoms with Crippen LogP contribution >= 0.6 is 11.8 Å². The number of para-hydroxylation sites is 1. The van der Waals surface area contributed by atoms with Crippen LogP contribution in [0.2, 0.25) is 0 Å². The highest BCUT2D eigenvalue weighted by atomic mass is 32.2. The van der Waals surface area contributed by atoms with E-state index in [0.717, 1.165) is 30.5 Å². The smallest absolute Gasteiger partial charge is 0.244 e. The van der Waals surface area contributed by atoms with Gasteiger partial charge in [-0.15, -0.1) is 0 Å². The van der Waals surface area contributed by atoms with Crippen LogP contribution in [0.4, 0.5) is 5.69 Å². The second kappa shape index (κ2) is 11.0. The molecule has 2 heterocycles. The first-order valence-electron chi connectivity index (χ1n) is 11.0. The van der Waals surface area contributed by atoms with Gasteiger partial charge in [-0.05, 0) is 42.7 Å². The summed E-state index contributed by atoms with van der Waals surface area (Å²) in [4.78, 5) is 19.4. The van der Waals surface area contributed by atoms with Crippen molar-refractivity contribution in [3.63, 3.8) is 0 Å². The van der Waals surface area contributed by atoms with E-state index in [1.54, 1.807) is 17.0 Å². The molecule has 1 aromatic heterocycles. The number of anilines is 1. The fourth-order valence-electron chi connectivity index (χ4n) is 3.77. The molecule has 1 saturated heterocycles. The third kappa shape index (κ3) is 6.01. The van der Waals surface area contributed by atoms with Crippen LogP contribution in [0.15, 0.2) is 88.9 Å². The van der Waals surface area contributed by atoms with Crippen LogP contribution in [-0.4, -0.2) is 42.5 Å². The number of benzene rings is 2. The molecule has 33 heavy (non-hydrogen) atoms. The first-order valence-corrected chi connectivity index (χ1v) is 13.4. The number of thioether (sulfide) groups is 1. The van der Waals surface area contributed by atoms with Gasteiger partial charge in [-0.25, -0.2) is 13.4 Å². The number of piperidine rings is 1. The van der Waals surface area contributed by atoms with Crippen molar-refractivity contribution >= 4 is 33.4 Å². The Balaban J connectivity index is 1.43. The average molecular weight is 482 g/mol. The number of sulfonamides is 1. The number of hydrogen-bond donors (Lipinski definition) is 0. The molecule has 0 aliphatic carbocycles. The number of carbonyl (C=O) groups excluding carboxylic acids is 1. The summed E-state index contributed by atoms with van der Waals surface area (Å²) in [6.07, 6.45) is 4.25. The first kappa shape index (κ1) is 23.5. The number of pyridine rings is 1. The zero-order valence-electron chi connectivity index (χ0n) is 18.3. The van der Waals surface area contributed by atoms with Gasteiger partial charge in [0.1, 0.15) is 4.90 Å². The number of nitrogens with zero attached hydrogens (tertiary/aromatic N) is 3. The molecule has 3 aromatic rings. The molecule has 0 spiro atoms. The van der Waals surface area contributed by atoms with E-state index >= 15 is 0 Å². The maximum atomic E-state index is 13.1. The second-order valence-electron chi connectivity index (χ2n) is 7.89. The molecule has 0 radical (unpaired) electrons. The average Bonchev–Trinajstić information content (AvgIpc) is 2.88. The van der Waals surface area contributed by atoms with Gasteiger partial charge in [0.15, 0.2) is 0 Å². The number of aromatic nitrogens is 1. The van der Waals surface area contributed by atoms with Crippen molar-refractivity contribution in [3.05, 3.63) is 84.6 Å². The predicted molar refractivity (Wildman–Crippen MR) is 132 cm³/mol. The van der Waals surface area contributed by atoms with Crippen LogP contribution in [0.3, 0.4) is 0 Å². The number of carbonyl (C=O) groups is 1. The SMILES string of the molecule is O=C(CSc1ccc(S(=O)(=O)N2CCCCC2)cn1)N(Cc1ccccc1)c1ccccc1. The van der Waals surface area contributed by atoms with E-state index in [-0.39, 0.29) is 16.6 Å². The Kier molecular flexibility index (Phi) is 7.80. The Labute approximate surface area is 199 Å². The summed E-state index contributed by atoms with van der Waals surface area (Å²) in [5.74, 6) is 0.161. The van der Waals surface area contributed by atoms with Gasteiger partial charge < -0.3 is 4.90 Å². The zero-order valence-corrected chi connectivity index (χ0v) is 20.0. The molecule has 1 amide bonds. The summed E-state index contributed by atoms with van der Waals surface area (Å²) in [5.41, 5.74) is 1.88. The molecule has 8 heteroatoms. The minimum atomic E-state index is -3.51. The monoisotopic (exact) mass is 481 g/mol. The minimum absolute atomic E-state index is 0.0399. The highest BCUT2D eigenvalue weighted by Gasteiger charge is 2.26. The third-order valence-electron chi connectivity index (χ3n) is 5.56. The molecule has 0 N–H and O–H groups in total. The van der Waals surface area contributed by atoms with Crippen LogP contribution in [0.5, 0.6) is 0 Å². The molecule has 1 fully saturated rings. The van der Waals surface area contributed by atoms with E-state index in [1.807, 2.05) is 60.7 Å². The minimum Gasteiger partial charge on any atom is -0.307 e. The lowest BCUT2D eigenvalue weighted by atomic mass is 10.2. The standard InChI is InChI=1S/C25H27N3O3S2/c29-25(28(22-12-6-2-7-13-22)19-21-10-4-1-5-11-21)20-32-24-15-14-23(18-26-24)33(30,31)27-16-8-3-9-17-27/h1-2,4-7,10-15,18H,3,8-9,16-17,19-20H2. The van der Waals surface area contributed by atoms with Crippen LogP contribution in [-0.2, 0) is 21.4 Å². The molecule has 0 saturated carbocycles. The topological polar surface area (TPSA) is 70.6 Å². The van der Waals surface area contributed by atoms with E-state index in [9.17, 15) is 13.2 Å². The second-order valence-corrected chi connectivity index (χ2v) is 10.8. The van der Waals surface area contributed by atoms with Gasteiger partial charge in [-0.1, -0.05) is 66.7 Å². The molecule has 2 aromatic carbocycles. The Morgan fingerprint density at radius 3 is 2.21 bits per heavy atom. The van der Waals surface area contributed by atoms with Crippen molar-refractivity contribution in [2.24, 2.45) is 0 Å². The summed E-state index contributed by atoms with van der Waals surface area (Å²) in [6.45, 7) is 1.60. The normalized spacial score (nSPS) is 14.7. The lowest BCUT2D eigenvalue weighted by molar-refractivity contribution is -0.116. The van der Waals surface area contributed by atoms with E-state index in [0.29, 0.717) is 24.7 Å². The molecule has 0 unspecified atom stereocenters. The molecule has 0 atom stereocenters. The van der Waals surface area contributed by atoms with Crippen molar-refractivity contribution in [3.8, 4) is 0 Å². The number of rotatable bonds is 8. The van der Waals surface area contributed by atoms with E-state index in [2.05, 4.69) is 4.98 Å². The van der Waals surface area contributed by atoms with Crippen molar-refractivity contribution in [1.29, 1.82) is 0 Å². The summed E-state index contributed by atoms with van der Waals surface area (Å²) < 4.78 is 27.1. The molecule has 172 valence electrons. The molecule has 0 bridgehead atoms. The zero-order chi connectivity index (χ0) is 23.1. The number of hydrogen-bond acceptors (Lipinski definition) is 5. The van der Waals surface area contributed by atoms with Crippen molar-refractivity contribution in [1.82, 2.24) is 9.29 Å². The van der Waals surface area contributed by atoms with E-state index in [4.69, 9.17) is 0 Å². The summed E-state index contributed by atoms with van der Waals surface area (Å²) in [6, 6.07) is 22.7. The summed E-state index contributed by atoms with van der Waals surface area (Å²) in [7, 11) is -3.51. The lowest BCUT2D eigenvalue weighted by Gasteiger charge is -2.25. The summed E-state index contributed by atoms with van der Waals surface area (Å²) >= 11 is 1.31. The van der Waals surface area contributed by atoms with Crippen LogP contribution in [0.1, 0.15) is 24.8 Å². The van der Waals surface area contributed by atoms with Crippen LogP contribution in [0, 0.1) is 0 Å². The number of amides is 1. The van der Waals surface area contributed by atoms with Gasteiger partial charge in [-0.3, -0.25) is 4.79 Å². The Hall–Kier alpha value is -2.68. The van der Waals surface area contributed by atoms with Gasteiger partial charge in [0.2, 0.25) is 15.9 Å². The molecule has 1 aliphatic rings. The van der Waals surface area contributed by atoms with Crippen molar-refractivity contribution < 1.29 is 13.2 Å². The van der Waals surface area contributed by atoms with Gasteiger partial charge in [0, 0.05) is 25.0 Å². The maximum absolute atomic E-state index is 13.1.